The molecule has 0 amide bonds. The molecule has 1 saturated heterocycles. The fraction of sp³-hybridized carbons (Fsp3) is 0.867. The highest BCUT2D eigenvalue weighted by Crippen LogP contribution is 2.18. The van der Waals surface area contributed by atoms with Crippen molar-refractivity contribution in [3.05, 3.63) is 11.7 Å². The Labute approximate surface area is 122 Å². The van der Waals surface area contributed by atoms with E-state index < -0.39 is 0 Å². The van der Waals surface area contributed by atoms with Crippen LogP contribution in [0.2, 0.25) is 0 Å². The fourth-order valence-corrected chi connectivity index (χ4v) is 2.61. The van der Waals surface area contributed by atoms with Gasteiger partial charge in [-0.15, -0.1) is 0 Å². The van der Waals surface area contributed by atoms with E-state index in [1.807, 2.05) is 6.92 Å². The van der Waals surface area contributed by atoms with E-state index in [0.29, 0.717) is 0 Å². The predicted octanol–water partition coefficient (Wildman–Crippen LogP) is 2.09. The monoisotopic (exact) mass is 280 g/mol. The average molecular weight is 280 g/mol. The van der Waals surface area contributed by atoms with Crippen LogP contribution in [0.4, 0.5) is 0 Å². The second-order valence-corrected chi connectivity index (χ2v) is 6.23. The van der Waals surface area contributed by atoms with Gasteiger partial charge in [0.05, 0.1) is 6.54 Å². The van der Waals surface area contributed by atoms with Crippen molar-refractivity contribution in [2.24, 2.45) is 11.8 Å². The number of rotatable bonds is 7. The molecule has 1 aliphatic heterocycles. The molecule has 0 saturated carbocycles. The van der Waals surface area contributed by atoms with Crippen molar-refractivity contribution in [2.45, 2.75) is 46.6 Å². The normalized spacial score (nSPS) is 18.0. The minimum absolute atomic E-state index is 0.736. The molecule has 114 valence electrons. The Hall–Kier alpha value is -0.940. The molecule has 2 heterocycles. The number of aryl methyl sites for hydroxylation is 1. The van der Waals surface area contributed by atoms with E-state index in [1.54, 1.807) is 0 Å². The number of nitrogens with zero attached hydrogens (tertiary/aromatic N) is 3. The van der Waals surface area contributed by atoms with Crippen LogP contribution in [0.15, 0.2) is 4.52 Å². The number of aromatic nitrogens is 2. The molecular formula is C15H28N4O. The van der Waals surface area contributed by atoms with Crippen molar-refractivity contribution < 1.29 is 4.52 Å². The van der Waals surface area contributed by atoms with E-state index in [-0.39, 0.29) is 0 Å². The van der Waals surface area contributed by atoms with Crippen molar-refractivity contribution in [1.82, 2.24) is 20.4 Å². The summed E-state index contributed by atoms with van der Waals surface area (Å²) in [5, 5.41) is 7.52. The van der Waals surface area contributed by atoms with Crippen LogP contribution in [-0.4, -0.2) is 41.2 Å². The van der Waals surface area contributed by atoms with Crippen molar-refractivity contribution in [3.63, 3.8) is 0 Å². The zero-order valence-electron chi connectivity index (χ0n) is 13.1. The maximum absolute atomic E-state index is 5.26. The van der Waals surface area contributed by atoms with Crippen LogP contribution in [0.25, 0.3) is 0 Å². The topological polar surface area (TPSA) is 54.2 Å². The Balaban J connectivity index is 1.66. The molecule has 5 nitrogen and oxygen atoms in total. The lowest BCUT2D eigenvalue weighted by Gasteiger charge is -2.31. The Kier molecular flexibility index (Phi) is 5.98. The Morgan fingerprint density at radius 1 is 1.35 bits per heavy atom. The highest BCUT2D eigenvalue weighted by Gasteiger charge is 2.20. The fourth-order valence-electron chi connectivity index (χ4n) is 2.61. The Bertz CT molecular complexity index is 383. The minimum atomic E-state index is 0.736. The minimum Gasteiger partial charge on any atom is -0.338 e. The number of likely N-dealkylation sites (tertiary alicyclic amines) is 1. The molecule has 0 aromatic carbocycles. The van der Waals surface area contributed by atoms with Gasteiger partial charge in [-0.25, -0.2) is 0 Å². The van der Waals surface area contributed by atoms with Gasteiger partial charge < -0.3 is 9.84 Å². The van der Waals surface area contributed by atoms with Crippen LogP contribution in [0.1, 0.15) is 45.3 Å². The molecule has 2 rings (SSSR count). The largest absolute Gasteiger partial charge is 0.338 e. The van der Waals surface area contributed by atoms with Crippen molar-refractivity contribution in [3.8, 4) is 0 Å². The summed E-state index contributed by atoms with van der Waals surface area (Å²) >= 11 is 0. The number of hydrogen-bond donors (Lipinski definition) is 1. The first kappa shape index (κ1) is 15.4. The van der Waals surface area contributed by atoms with Gasteiger partial charge in [-0.05, 0) is 50.9 Å². The van der Waals surface area contributed by atoms with Gasteiger partial charge in [0.1, 0.15) is 0 Å². The van der Waals surface area contributed by atoms with Gasteiger partial charge in [0.2, 0.25) is 5.89 Å². The molecule has 1 aromatic heterocycles. The standard InChI is InChI=1S/C15H28N4O/c1-4-14-17-15(20-18-14)11-19-7-5-13(6-8-19)10-16-9-12(2)3/h12-13,16H,4-11H2,1-3H3. The predicted molar refractivity (Wildman–Crippen MR) is 79.4 cm³/mol. The first-order valence-electron chi connectivity index (χ1n) is 7.92. The molecule has 0 bridgehead atoms. The lowest BCUT2D eigenvalue weighted by molar-refractivity contribution is 0.157. The van der Waals surface area contributed by atoms with Gasteiger partial charge in [-0.2, -0.15) is 4.98 Å². The molecule has 1 aromatic rings. The van der Waals surface area contributed by atoms with Crippen molar-refractivity contribution in [1.29, 1.82) is 0 Å². The first-order chi connectivity index (χ1) is 9.67. The van der Waals surface area contributed by atoms with Crippen molar-refractivity contribution >= 4 is 0 Å². The second-order valence-electron chi connectivity index (χ2n) is 6.23. The average Bonchev–Trinajstić information content (AvgIpc) is 2.88. The molecule has 1 fully saturated rings. The van der Waals surface area contributed by atoms with Crippen LogP contribution in [0, 0.1) is 11.8 Å². The molecule has 0 atom stereocenters. The van der Waals surface area contributed by atoms with E-state index in [2.05, 4.69) is 34.2 Å². The lowest BCUT2D eigenvalue weighted by Crippen LogP contribution is -2.37. The van der Waals surface area contributed by atoms with Crippen LogP contribution < -0.4 is 5.32 Å². The van der Waals surface area contributed by atoms with E-state index >= 15 is 0 Å². The maximum atomic E-state index is 5.26. The third kappa shape index (κ3) is 4.87. The van der Waals surface area contributed by atoms with Gasteiger partial charge in [0, 0.05) is 6.42 Å². The highest BCUT2D eigenvalue weighted by molar-refractivity contribution is 4.86. The molecular weight excluding hydrogens is 252 g/mol. The molecule has 5 heteroatoms. The van der Waals surface area contributed by atoms with Gasteiger partial charge >= 0.3 is 0 Å². The molecule has 1 N–H and O–H groups in total. The van der Waals surface area contributed by atoms with Gasteiger partial charge in [-0.1, -0.05) is 25.9 Å². The van der Waals surface area contributed by atoms with Crippen LogP contribution in [0.5, 0.6) is 0 Å². The quantitative estimate of drug-likeness (QED) is 0.829. The van der Waals surface area contributed by atoms with E-state index in [4.69, 9.17) is 4.52 Å². The van der Waals surface area contributed by atoms with Gasteiger partial charge in [0.25, 0.3) is 0 Å². The first-order valence-corrected chi connectivity index (χ1v) is 7.92. The summed E-state index contributed by atoms with van der Waals surface area (Å²) in [6.07, 6.45) is 3.37. The summed E-state index contributed by atoms with van der Waals surface area (Å²) in [7, 11) is 0. The summed E-state index contributed by atoms with van der Waals surface area (Å²) in [5.41, 5.74) is 0. The maximum Gasteiger partial charge on any atom is 0.240 e. The Morgan fingerprint density at radius 3 is 2.70 bits per heavy atom. The smallest absolute Gasteiger partial charge is 0.240 e. The molecule has 20 heavy (non-hydrogen) atoms. The summed E-state index contributed by atoms with van der Waals surface area (Å²) in [4.78, 5) is 6.80. The molecule has 0 unspecified atom stereocenters. The van der Waals surface area contributed by atoms with E-state index in [1.165, 1.54) is 12.8 Å². The molecule has 0 aliphatic carbocycles. The SMILES string of the molecule is CCc1noc(CN2CCC(CNCC(C)C)CC2)n1. The van der Waals surface area contributed by atoms with E-state index in [9.17, 15) is 0 Å². The highest BCUT2D eigenvalue weighted by atomic mass is 16.5. The van der Waals surface area contributed by atoms with E-state index in [0.717, 1.165) is 62.7 Å². The molecule has 0 spiro atoms. The zero-order valence-corrected chi connectivity index (χ0v) is 13.1. The van der Waals surface area contributed by atoms with Gasteiger partial charge in [-0.3, -0.25) is 4.90 Å². The van der Waals surface area contributed by atoms with Gasteiger partial charge in [0.15, 0.2) is 5.82 Å². The number of nitrogens with one attached hydrogen (secondary N) is 1. The zero-order chi connectivity index (χ0) is 14.4. The Morgan fingerprint density at radius 2 is 2.10 bits per heavy atom. The second kappa shape index (κ2) is 7.74. The third-order valence-corrected chi connectivity index (χ3v) is 3.88. The van der Waals surface area contributed by atoms with Crippen molar-refractivity contribution in [2.75, 3.05) is 26.2 Å². The summed E-state index contributed by atoms with van der Waals surface area (Å²) in [6, 6.07) is 0. The molecule has 1 aliphatic rings. The third-order valence-electron chi connectivity index (χ3n) is 3.88. The number of piperidine rings is 1. The van der Waals surface area contributed by atoms with Crippen LogP contribution in [-0.2, 0) is 13.0 Å². The summed E-state index contributed by atoms with van der Waals surface area (Å²) < 4.78 is 5.26. The van der Waals surface area contributed by atoms with Crippen LogP contribution >= 0.6 is 0 Å². The summed E-state index contributed by atoms with van der Waals surface area (Å²) in [6.45, 7) is 11.9. The van der Waals surface area contributed by atoms with Crippen LogP contribution in [0.3, 0.4) is 0 Å². The molecule has 0 radical (unpaired) electrons. The number of hydrogen-bond acceptors (Lipinski definition) is 5. The summed E-state index contributed by atoms with van der Waals surface area (Å²) in [5.74, 6) is 3.13. The lowest BCUT2D eigenvalue weighted by atomic mass is 9.96.